The molecule has 2 aromatic rings. The second kappa shape index (κ2) is 4.44. The van der Waals surface area contributed by atoms with Crippen LogP contribution in [-0.4, -0.2) is 10.2 Å². The van der Waals surface area contributed by atoms with Crippen LogP contribution in [-0.2, 0) is 6.61 Å². The lowest BCUT2D eigenvalue weighted by Gasteiger charge is -2.01. The fraction of sp³-hybridized carbons (Fsp3) is 0.300. The number of ether oxygens (including phenoxy) is 1. The van der Waals surface area contributed by atoms with E-state index in [0.717, 1.165) is 10.0 Å². The van der Waals surface area contributed by atoms with Crippen LogP contribution < -0.4 is 10.2 Å². The van der Waals surface area contributed by atoms with Gasteiger partial charge >= 0.3 is 0 Å². The molecule has 0 atom stereocenters. The predicted octanol–water partition coefficient (Wildman–Crippen LogP) is 1.69. The molecule has 16 heavy (non-hydrogen) atoms. The maximum absolute atomic E-state index is 11.4. The fourth-order valence-corrected chi connectivity index (χ4v) is 1.76. The van der Waals surface area contributed by atoms with E-state index in [9.17, 15) is 4.79 Å². The molecule has 0 aliphatic rings. The van der Waals surface area contributed by atoms with Crippen LogP contribution in [0.3, 0.4) is 0 Å². The summed E-state index contributed by atoms with van der Waals surface area (Å²) in [5.74, 6) is 0.752. The Morgan fingerprint density at radius 2 is 2.25 bits per heavy atom. The van der Waals surface area contributed by atoms with Crippen LogP contribution in [0.1, 0.15) is 15.8 Å². The Morgan fingerprint density at radius 3 is 2.88 bits per heavy atom. The van der Waals surface area contributed by atoms with E-state index >= 15 is 0 Å². The van der Waals surface area contributed by atoms with Crippen molar-refractivity contribution in [1.29, 1.82) is 0 Å². The highest BCUT2D eigenvalue weighted by Crippen LogP contribution is 2.11. The van der Waals surface area contributed by atoms with Crippen LogP contribution in [0, 0.1) is 13.8 Å². The molecule has 84 valence electrons. The Balaban J connectivity index is 2.07. The topological polar surface area (TPSA) is 65.2 Å². The zero-order valence-corrected chi connectivity index (χ0v) is 9.71. The Hall–Kier alpha value is -1.69. The third-order valence-electron chi connectivity index (χ3n) is 1.85. The zero-order valence-electron chi connectivity index (χ0n) is 8.89. The standard InChI is InChI=1S/C10H10N2O3S/c1-6-3-8(13)9(4-14-6)15-5-10-12-11-7(2)16-10/h3-4H,5H2,1-2H3. The number of hydrogen-bond donors (Lipinski definition) is 0. The van der Waals surface area contributed by atoms with Gasteiger partial charge in [-0.3, -0.25) is 4.79 Å². The molecule has 0 spiro atoms. The molecule has 0 amide bonds. The van der Waals surface area contributed by atoms with E-state index in [1.54, 1.807) is 6.92 Å². The number of rotatable bonds is 3. The molecular formula is C10H10N2O3S. The number of hydrogen-bond acceptors (Lipinski definition) is 6. The predicted molar refractivity (Wildman–Crippen MR) is 58.7 cm³/mol. The molecule has 5 nitrogen and oxygen atoms in total. The van der Waals surface area contributed by atoms with Crippen molar-refractivity contribution in [3.8, 4) is 5.75 Å². The SMILES string of the molecule is Cc1cc(=O)c(OCc2nnc(C)s2)co1. The van der Waals surface area contributed by atoms with Crippen molar-refractivity contribution in [1.82, 2.24) is 10.2 Å². The summed E-state index contributed by atoms with van der Waals surface area (Å²) in [6, 6.07) is 1.39. The number of nitrogens with zero attached hydrogens (tertiary/aromatic N) is 2. The summed E-state index contributed by atoms with van der Waals surface area (Å²) in [5, 5.41) is 9.35. The molecule has 0 N–H and O–H groups in total. The van der Waals surface area contributed by atoms with Crippen molar-refractivity contribution in [2.45, 2.75) is 20.5 Å². The van der Waals surface area contributed by atoms with Gasteiger partial charge in [0.1, 0.15) is 23.6 Å². The first-order chi connectivity index (χ1) is 7.65. The van der Waals surface area contributed by atoms with E-state index in [2.05, 4.69) is 10.2 Å². The summed E-state index contributed by atoms with van der Waals surface area (Å²) in [6.45, 7) is 3.81. The summed E-state index contributed by atoms with van der Waals surface area (Å²) < 4.78 is 10.4. The van der Waals surface area contributed by atoms with E-state index < -0.39 is 0 Å². The molecule has 0 aliphatic carbocycles. The smallest absolute Gasteiger partial charge is 0.226 e. The third-order valence-corrected chi connectivity index (χ3v) is 2.66. The lowest BCUT2D eigenvalue weighted by molar-refractivity contribution is 0.289. The van der Waals surface area contributed by atoms with Crippen LogP contribution in [0.5, 0.6) is 5.75 Å². The van der Waals surface area contributed by atoms with Gasteiger partial charge in [0.15, 0.2) is 5.01 Å². The molecule has 0 saturated carbocycles. The molecule has 0 fully saturated rings. The fourth-order valence-electron chi connectivity index (χ4n) is 1.13. The lowest BCUT2D eigenvalue weighted by Crippen LogP contribution is -2.06. The number of aryl methyl sites for hydroxylation is 2. The van der Waals surface area contributed by atoms with Gasteiger partial charge in [0.25, 0.3) is 0 Å². The number of aromatic nitrogens is 2. The Morgan fingerprint density at radius 1 is 1.44 bits per heavy atom. The maximum atomic E-state index is 11.4. The first kappa shape index (κ1) is 10.8. The molecule has 0 radical (unpaired) electrons. The van der Waals surface area contributed by atoms with Crippen molar-refractivity contribution in [3.05, 3.63) is 38.3 Å². The van der Waals surface area contributed by atoms with Crippen LogP contribution in [0.4, 0.5) is 0 Å². The second-order valence-electron chi connectivity index (χ2n) is 3.22. The van der Waals surface area contributed by atoms with Crippen molar-refractivity contribution < 1.29 is 9.15 Å². The van der Waals surface area contributed by atoms with E-state index in [-0.39, 0.29) is 17.8 Å². The Bertz CT molecular complexity index is 547. The van der Waals surface area contributed by atoms with Gasteiger partial charge in [0.05, 0.1) is 0 Å². The van der Waals surface area contributed by atoms with Crippen LogP contribution in [0.25, 0.3) is 0 Å². The van der Waals surface area contributed by atoms with Gasteiger partial charge in [0.2, 0.25) is 11.2 Å². The van der Waals surface area contributed by atoms with Crippen molar-refractivity contribution in [2.75, 3.05) is 0 Å². The monoisotopic (exact) mass is 238 g/mol. The minimum atomic E-state index is -0.190. The normalized spacial score (nSPS) is 10.4. The lowest BCUT2D eigenvalue weighted by atomic mass is 10.4. The Kier molecular flexibility index (Phi) is 3.00. The van der Waals surface area contributed by atoms with E-state index in [0.29, 0.717) is 5.76 Å². The van der Waals surface area contributed by atoms with Gasteiger partial charge in [0, 0.05) is 6.07 Å². The van der Waals surface area contributed by atoms with Gasteiger partial charge in [-0.2, -0.15) is 0 Å². The highest BCUT2D eigenvalue weighted by atomic mass is 32.1. The molecule has 2 rings (SSSR count). The molecule has 2 aromatic heterocycles. The average Bonchev–Trinajstić information content (AvgIpc) is 2.63. The molecule has 2 heterocycles. The largest absolute Gasteiger partial charge is 0.479 e. The summed E-state index contributed by atoms with van der Waals surface area (Å²) in [6.07, 6.45) is 1.31. The maximum Gasteiger partial charge on any atom is 0.226 e. The molecule has 6 heteroatoms. The average molecular weight is 238 g/mol. The van der Waals surface area contributed by atoms with Gasteiger partial charge < -0.3 is 9.15 Å². The summed E-state index contributed by atoms with van der Waals surface area (Å²) in [4.78, 5) is 11.4. The van der Waals surface area contributed by atoms with Gasteiger partial charge in [-0.25, -0.2) is 0 Å². The van der Waals surface area contributed by atoms with E-state index in [1.807, 2.05) is 6.92 Å². The molecule has 0 unspecified atom stereocenters. The highest BCUT2D eigenvalue weighted by Gasteiger charge is 2.05. The van der Waals surface area contributed by atoms with Crippen LogP contribution in [0.15, 0.2) is 21.5 Å². The van der Waals surface area contributed by atoms with E-state index in [1.165, 1.54) is 23.7 Å². The first-order valence-corrected chi connectivity index (χ1v) is 5.48. The van der Waals surface area contributed by atoms with Gasteiger partial charge in [-0.1, -0.05) is 11.3 Å². The molecule has 0 saturated heterocycles. The minimum absolute atomic E-state index is 0.190. The highest BCUT2D eigenvalue weighted by molar-refractivity contribution is 7.11. The van der Waals surface area contributed by atoms with Crippen molar-refractivity contribution in [3.63, 3.8) is 0 Å². The third kappa shape index (κ3) is 2.46. The molecule has 0 bridgehead atoms. The van der Waals surface area contributed by atoms with E-state index in [4.69, 9.17) is 9.15 Å². The quantitative estimate of drug-likeness (QED) is 0.814. The van der Waals surface area contributed by atoms with Gasteiger partial charge in [-0.05, 0) is 13.8 Å². The molecular weight excluding hydrogens is 228 g/mol. The molecule has 0 aliphatic heterocycles. The second-order valence-corrected chi connectivity index (χ2v) is 4.49. The zero-order chi connectivity index (χ0) is 11.5. The minimum Gasteiger partial charge on any atom is -0.479 e. The Labute approximate surface area is 95.7 Å². The summed E-state index contributed by atoms with van der Waals surface area (Å²) in [5.41, 5.74) is -0.190. The van der Waals surface area contributed by atoms with Crippen molar-refractivity contribution >= 4 is 11.3 Å². The first-order valence-electron chi connectivity index (χ1n) is 4.66. The van der Waals surface area contributed by atoms with Crippen molar-refractivity contribution in [2.24, 2.45) is 0 Å². The molecule has 0 aromatic carbocycles. The van der Waals surface area contributed by atoms with Crippen LogP contribution >= 0.6 is 11.3 Å². The van der Waals surface area contributed by atoms with Crippen LogP contribution in [0.2, 0.25) is 0 Å². The summed E-state index contributed by atoms with van der Waals surface area (Å²) in [7, 11) is 0. The van der Waals surface area contributed by atoms with Gasteiger partial charge in [-0.15, -0.1) is 10.2 Å². The summed E-state index contributed by atoms with van der Waals surface area (Å²) >= 11 is 1.44.